The number of urea groups is 1. The van der Waals surface area contributed by atoms with Gasteiger partial charge in [-0.3, -0.25) is 24.6 Å². The number of hydrogen-bond donors (Lipinski definition) is 1. The molecule has 2 aromatic rings. The lowest BCUT2D eigenvalue weighted by atomic mass is 10.1. The molecule has 0 radical (unpaired) electrons. The molecule has 1 N–H and O–H groups in total. The molecule has 2 saturated heterocycles. The fourth-order valence-electron chi connectivity index (χ4n) is 4.42. The quantitative estimate of drug-likeness (QED) is 0.504. The van der Waals surface area contributed by atoms with Crippen molar-refractivity contribution in [3.05, 3.63) is 57.3 Å². The molecule has 0 saturated carbocycles. The molecule has 3 aliphatic heterocycles. The van der Waals surface area contributed by atoms with Gasteiger partial charge in [0.15, 0.2) is 5.15 Å². The highest BCUT2D eigenvalue weighted by molar-refractivity contribution is 6.38. The molecule has 0 spiro atoms. The van der Waals surface area contributed by atoms with E-state index in [9.17, 15) is 19.2 Å². The Morgan fingerprint density at radius 1 is 0.912 bits per heavy atom. The van der Waals surface area contributed by atoms with Crippen molar-refractivity contribution in [3.8, 4) is 0 Å². The second-order valence-corrected chi connectivity index (χ2v) is 8.99. The third-order valence-electron chi connectivity index (χ3n) is 6.13. The molecule has 0 atom stereocenters. The Morgan fingerprint density at radius 3 is 2.35 bits per heavy atom. The number of hydrogen-bond acceptors (Lipinski definition) is 7. The van der Waals surface area contributed by atoms with E-state index in [0.717, 1.165) is 34.4 Å². The standard InChI is InChI=1S/C22H20Cl2N6O4/c23-16-3-5-25-19(24)18(16)28-9-7-27(8-10-28)12-13-1-2-14-15(11-13)21(33)30(20(14)32)29-6-4-17(31)26-22(29)34/h1-3,5,11H,4,6-10,12H2,(H,26,31,34). The highest BCUT2D eigenvalue weighted by Crippen LogP contribution is 2.33. The first-order chi connectivity index (χ1) is 16.3. The van der Waals surface area contributed by atoms with E-state index in [1.807, 2.05) is 6.07 Å². The van der Waals surface area contributed by atoms with Crippen LogP contribution < -0.4 is 10.2 Å². The van der Waals surface area contributed by atoms with Crippen LogP contribution in [0.15, 0.2) is 30.5 Å². The van der Waals surface area contributed by atoms with E-state index in [1.165, 1.54) is 0 Å². The second-order valence-electron chi connectivity index (χ2n) is 8.22. The Hall–Kier alpha value is -3.21. The predicted molar refractivity (Wildman–Crippen MR) is 124 cm³/mol. The van der Waals surface area contributed by atoms with Crippen molar-refractivity contribution >= 4 is 52.6 Å². The Balaban J connectivity index is 1.26. The van der Waals surface area contributed by atoms with Crippen LogP contribution in [0.1, 0.15) is 32.7 Å². The molecule has 10 nitrogen and oxygen atoms in total. The van der Waals surface area contributed by atoms with Crippen LogP contribution in [0.4, 0.5) is 10.5 Å². The summed E-state index contributed by atoms with van der Waals surface area (Å²) in [4.78, 5) is 57.8. The molecule has 0 bridgehead atoms. The van der Waals surface area contributed by atoms with Crippen molar-refractivity contribution in [1.82, 2.24) is 25.2 Å². The number of carbonyl (C=O) groups is 4. The highest BCUT2D eigenvalue weighted by atomic mass is 35.5. The molecule has 2 fully saturated rings. The summed E-state index contributed by atoms with van der Waals surface area (Å²) in [6, 6.07) is 6.06. The summed E-state index contributed by atoms with van der Waals surface area (Å²) < 4.78 is 0. The van der Waals surface area contributed by atoms with Gasteiger partial charge in [0, 0.05) is 45.3 Å². The van der Waals surface area contributed by atoms with Gasteiger partial charge in [-0.25, -0.2) is 14.8 Å². The minimum Gasteiger partial charge on any atom is -0.365 e. The summed E-state index contributed by atoms with van der Waals surface area (Å²) >= 11 is 12.5. The van der Waals surface area contributed by atoms with Crippen LogP contribution in [0.3, 0.4) is 0 Å². The van der Waals surface area contributed by atoms with Crippen molar-refractivity contribution in [2.75, 3.05) is 37.6 Å². The Bertz CT molecular complexity index is 1190. The van der Waals surface area contributed by atoms with E-state index < -0.39 is 23.8 Å². The number of anilines is 1. The fourth-order valence-corrected chi connectivity index (χ4v) is 5.01. The fraction of sp³-hybridized carbons (Fsp3) is 0.318. The molecular formula is C22H20Cl2N6O4. The van der Waals surface area contributed by atoms with E-state index in [0.29, 0.717) is 29.8 Å². The Labute approximate surface area is 205 Å². The number of fused-ring (bicyclic) bond motifs is 1. The lowest BCUT2D eigenvalue weighted by Crippen LogP contribution is -2.58. The summed E-state index contributed by atoms with van der Waals surface area (Å²) in [5, 5.41) is 4.87. The lowest BCUT2D eigenvalue weighted by molar-refractivity contribution is -0.122. The minimum atomic E-state index is -0.780. The largest absolute Gasteiger partial charge is 0.365 e. The smallest absolute Gasteiger partial charge is 0.343 e. The zero-order valence-corrected chi connectivity index (χ0v) is 19.5. The number of nitrogens with zero attached hydrogens (tertiary/aromatic N) is 5. The first kappa shape index (κ1) is 22.6. The van der Waals surface area contributed by atoms with Gasteiger partial charge in [-0.2, -0.15) is 5.01 Å². The number of amides is 5. The number of aromatic nitrogens is 1. The molecular weight excluding hydrogens is 483 g/mol. The van der Waals surface area contributed by atoms with Crippen molar-refractivity contribution < 1.29 is 19.2 Å². The second kappa shape index (κ2) is 8.86. The molecule has 4 heterocycles. The van der Waals surface area contributed by atoms with Crippen LogP contribution in [0.25, 0.3) is 0 Å². The van der Waals surface area contributed by atoms with E-state index >= 15 is 0 Å². The van der Waals surface area contributed by atoms with E-state index in [2.05, 4.69) is 20.1 Å². The highest BCUT2D eigenvalue weighted by Gasteiger charge is 2.43. The third-order valence-corrected chi connectivity index (χ3v) is 6.71. The molecule has 5 amide bonds. The number of carbonyl (C=O) groups excluding carboxylic acids is 4. The topological polar surface area (TPSA) is 106 Å². The van der Waals surface area contributed by atoms with Crippen LogP contribution >= 0.6 is 23.2 Å². The SMILES string of the molecule is O=C1CCN(N2C(=O)c3ccc(CN4CCN(c5c(Cl)ccnc5Cl)CC4)cc3C2=O)C(=O)N1. The molecule has 12 heteroatoms. The average molecular weight is 503 g/mol. The number of imide groups is 2. The summed E-state index contributed by atoms with van der Waals surface area (Å²) in [7, 11) is 0. The molecule has 34 heavy (non-hydrogen) atoms. The van der Waals surface area contributed by atoms with Gasteiger partial charge in [-0.1, -0.05) is 29.3 Å². The minimum absolute atomic E-state index is 0.0197. The molecule has 0 unspecified atom stereocenters. The summed E-state index contributed by atoms with van der Waals surface area (Å²) in [6.45, 7) is 3.49. The van der Waals surface area contributed by atoms with Crippen molar-refractivity contribution in [1.29, 1.82) is 0 Å². The van der Waals surface area contributed by atoms with Gasteiger partial charge in [0.1, 0.15) is 0 Å². The van der Waals surface area contributed by atoms with Gasteiger partial charge in [0.2, 0.25) is 5.91 Å². The van der Waals surface area contributed by atoms with Gasteiger partial charge in [0.05, 0.1) is 28.4 Å². The summed E-state index contributed by atoms with van der Waals surface area (Å²) in [6.07, 6.45) is 1.59. The van der Waals surface area contributed by atoms with Gasteiger partial charge in [0.25, 0.3) is 11.8 Å². The van der Waals surface area contributed by atoms with Crippen LogP contribution in [0, 0.1) is 0 Å². The average Bonchev–Trinajstić information content (AvgIpc) is 3.05. The maximum Gasteiger partial charge on any atom is 0.343 e. The van der Waals surface area contributed by atoms with Gasteiger partial charge < -0.3 is 4.90 Å². The molecule has 1 aromatic carbocycles. The lowest BCUT2D eigenvalue weighted by Gasteiger charge is -2.36. The molecule has 176 valence electrons. The van der Waals surface area contributed by atoms with Crippen molar-refractivity contribution in [3.63, 3.8) is 0 Å². The molecule has 3 aliphatic rings. The third kappa shape index (κ3) is 3.97. The number of halogens is 2. The van der Waals surface area contributed by atoms with E-state index in [1.54, 1.807) is 24.4 Å². The van der Waals surface area contributed by atoms with Gasteiger partial charge in [-0.15, -0.1) is 0 Å². The van der Waals surface area contributed by atoms with Gasteiger partial charge in [-0.05, 0) is 23.8 Å². The normalized spacial score (nSPS) is 19.1. The number of piperazine rings is 1. The maximum absolute atomic E-state index is 13.0. The first-order valence-electron chi connectivity index (χ1n) is 10.7. The zero-order chi connectivity index (χ0) is 24.0. The zero-order valence-electron chi connectivity index (χ0n) is 18.0. The van der Waals surface area contributed by atoms with Crippen molar-refractivity contribution in [2.45, 2.75) is 13.0 Å². The van der Waals surface area contributed by atoms with Crippen molar-refractivity contribution in [2.24, 2.45) is 0 Å². The van der Waals surface area contributed by atoms with Gasteiger partial charge >= 0.3 is 6.03 Å². The molecule has 0 aliphatic carbocycles. The number of benzene rings is 1. The van der Waals surface area contributed by atoms with Crippen LogP contribution in [-0.2, 0) is 11.3 Å². The number of pyridine rings is 1. The molecule has 5 rings (SSSR count). The van der Waals surface area contributed by atoms with E-state index in [-0.39, 0.29) is 24.1 Å². The van der Waals surface area contributed by atoms with Crippen LogP contribution in [-0.4, -0.2) is 76.4 Å². The Kier molecular flexibility index (Phi) is 5.88. The number of hydrazine groups is 1. The maximum atomic E-state index is 13.0. The summed E-state index contributed by atoms with van der Waals surface area (Å²) in [5.41, 5.74) is 2.10. The first-order valence-corrected chi connectivity index (χ1v) is 11.5. The number of rotatable bonds is 4. The number of nitrogens with one attached hydrogen (secondary N) is 1. The summed E-state index contributed by atoms with van der Waals surface area (Å²) in [5.74, 6) is -1.58. The predicted octanol–water partition coefficient (Wildman–Crippen LogP) is 2.16. The Morgan fingerprint density at radius 2 is 1.65 bits per heavy atom. The van der Waals surface area contributed by atoms with Crippen LogP contribution in [0.5, 0.6) is 0 Å². The molecule has 1 aromatic heterocycles. The van der Waals surface area contributed by atoms with E-state index in [4.69, 9.17) is 23.2 Å². The van der Waals surface area contributed by atoms with Crippen LogP contribution in [0.2, 0.25) is 10.2 Å². The monoisotopic (exact) mass is 502 g/mol.